The molecule has 0 aromatic heterocycles. The summed E-state index contributed by atoms with van der Waals surface area (Å²) in [7, 11) is 0. The molecule has 0 saturated heterocycles. The maximum absolute atomic E-state index is 8.88. The number of nitriles is 1. The molecule has 2 heteroatoms. The zero-order chi connectivity index (χ0) is 11.9. The van der Waals surface area contributed by atoms with Crippen LogP contribution in [-0.2, 0) is 0 Å². The van der Waals surface area contributed by atoms with Gasteiger partial charge in [-0.05, 0) is 45.7 Å². The average Bonchev–Trinajstić information content (AvgIpc) is 2.30. The lowest BCUT2D eigenvalue weighted by molar-refractivity contribution is 0.330. The van der Waals surface area contributed by atoms with Crippen LogP contribution in [-0.4, -0.2) is 13.1 Å². The number of hydrogen-bond acceptors (Lipinski definition) is 2. The van der Waals surface area contributed by atoms with Crippen LogP contribution in [0.4, 0.5) is 0 Å². The van der Waals surface area contributed by atoms with Crippen molar-refractivity contribution in [2.24, 2.45) is 11.3 Å². The van der Waals surface area contributed by atoms with E-state index in [1.807, 2.05) is 13.8 Å². The first-order valence-electron chi connectivity index (χ1n) is 6.76. The minimum atomic E-state index is -0.169. The first-order chi connectivity index (χ1) is 7.64. The lowest BCUT2D eigenvalue weighted by Crippen LogP contribution is -2.24. The molecule has 1 rings (SSSR count). The van der Waals surface area contributed by atoms with Gasteiger partial charge >= 0.3 is 0 Å². The van der Waals surface area contributed by atoms with E-state index in [4.69, 9.17) is 5.26 Å². The standard InChI is InChI=1S/C14H26N2/c1-14(2,12-15)9-11-16-10-8-13-6-4-3-5-7-13/h13,16H,3-11H2,1-2H3. The van der Waals surface area contributed by atoms with Crippen LogP contribution >= 0.6 is 0 Å². The average molecular weight is 222 g/mol. The molecule has 0 aromatic carbocycles. The van der Waals surface area contributed by atoms with Crippen molar-refractivity contribution in [1.82, 2.24) is 5.32 Å². The molecule has 1 aliphatic carbocycles. The molecule has 0 heterocycles. The van der Waals surface area contributed by atoms with Crippen LogP contribution in [0.5, 0.6) is 0 Å². The molecule has 0 atom stereocenters. The molecule has 1 N–H and O–H groups in total. The van der Waals surface area contributed by atoms with Crippen molar-refractivity contribution in [3.63, 3.8) is 0 Å². The van der Waals surface area contributed by atoms with E-state index in [9.17, 15) is 0 Å². The summed E-state index contributed by atoms with van der Waals surface area (Å²) in [6.07, 6.45) is 9.47. The Balaban J connectivity index is 1.97. The Bertz CT molecular complexity index is 221. The van der Waals surface area contributed by atoms with E-state index in [1.165, 1.54) is 38.5 Å². The Labute approximate surface area is 100 Å². The molecule has 0 bridgehead atoms. The second-order valence-electron chi connectivity index (χ2n) is 5.79. The monoisotopic (exact) mass is 222 g/mol. The van der Waals surface area contributed by atoms with E-state index in [-0.39, 0.29) is 5.41 Å². The van der Waals surface area contributed by atoms with Gasteiger partial charge < -0.3 is 5.32 Å². The second-order valence-corrected chi connectivity index (χ2v) is 5.79. The molecule has 1 saturated carbocycles. The Morgan fingerprint density at radius 2 is 1.88 bits per heavy atom. The van der Waals surface area contributed by atoms with Gasteiger partial charge in [-0.2, -0.15) is 5.26 Å². The smallest absolute Gasteiger partial charge is 0.0684 e. The maximum Gasteiger partial charge on any atom is 0.0684 e. The molecule has 2 nitrogen and oxygen atoms in total. The highest BCUT2D eigenvalue weighted by molar-refractivity contribution is 4.91. The zero-order valence-corrected chi connectivity index (χ0v) is 10.9. The summed E-state index contributed by atoms with van der Waals surface area (Å²) in [5, 5.41) is 12.3. The number of rotatable bonds is 6. The third-order valence-corrected chi connectivity index (χ3v) is 3.68. The molecule has 0 amide bonds. The van der Waals surface area contributed by atoms with Crippen LogP contribution < -0.4 is 5.32 Å². The quantitative estimate of drug-likeness (QED) is 0.698. The van der Waals surface area contributed by atoms with Crippen LogP contribution in [0.2, 0.25) is 0 Å². The molecular weight excluding hydrogens is 196 g/mol. The van der Waals surface area contributed by atoms with Crippen LogP contribution in [0.15, 0.2) is 0 Å². The van der Waals surface area contributed by atoms with Crippen molar-refractivity contribution >= 4 is 0 Å². The lowest BCUT2D eigenvalue weighted by Gasteiger charge is -2.22. The van der Waals surface area contributed by atoms with Crippen molar-refractivity contribution < 1.29 is 0 Å². The largest absolute Gasteiger partial charge is 0.317 e. The molecule has 92 valence electrons. The van der Waals surface area contributed by atoms with Crippen LogP contribution in [0.1, 0.15) is 58.8 Å². The van der Waals surface area contributed by atoms with E-state index in [1.54, 1.807) is 0 Å². The van der Waals surface area contributed by atoms with Gasteiger partial charge in [0.25, 0.3) is 0 Å². The van der Waals surface area contributed by atoms with Gasteiger partial charge in [0.1, 0.15) is 0 Å². The number of nitrogens with zero attached hydrogens (tertiary/aromatic N) is 1. The molecule has 1 aliphatic rings. The van der Waals surface area contributed by atoms with E-state index in [0.717, 1.165) is 25.4 Å². The summed E-state index contributed by atoms with van der Waals surface area (Å²) in [6.45, 7) is 6.13. The Morgan fingerprint density at radius 1 is 1.19 bits per heavy atom. The van der Waals surface area contributed by atoms with E-state index in [0.29, 0.717) is 0 Å². The van der Waals surface area contributed by atoms with Crippen molar-refractivity contribution in [3.8, 4) is 6.07 Å². The topological polar surface area (TPSA) is 35.8 Å². The summed E-state index contributed by atoms with van der Waals surface area (Å²) in [6, 6.07) is 2.34. The lowest BCUT2D eigenvalue weighted by atomic mass is 9.87. The molecule has 0 radical (unpaired) electrons. The molecule has 0 aliphatic heterocycles. The normalized spacial score (nSPS) is 18.3. The molecule has 0 aromatic rings. The fourth-order valence-electron chi connectivity index (χ4n) is 2.36. The van der Waals surface area contributed by atoms with E-state index < -0.39 is 0 Å². The maximum atomic E-state index is 8.88. The Kier molecular flexibility index (Phi) is 5.84. The minimum Gasteiger partial charge on any atom is -0.317 e. The Morgan fingerprint density at radius 3 is 2.50 bits per heavy atom. The minimum absolute atomic E-state index is 0.169. The van der Waals surface area contributed by atoms with Gasteiger partial charge in [-0.15, -0.1) is 0 Å². The first kappa shape index (κ1) is 13.5. The van der Waals surface area contributed by atoms with Gasteiger partial charge in [0.2, 0.25) is 0 Å². The summed E-state index contributed by atoms with van der Waals surface area (Å²) < 4.78 is 0. The first-order valence-corrected chi connectivity index (χ1v) is 6.76. The van der Waals surface area contributed by atoms with Crippen molar-refractivity contribution in [3.05, 3.63) is 0 Å². The van der Waals surface area contributed by atoms with Gasteiger partial charge in [-0.25, -0.2) is 0 Å². The molecule has 16 heavy (non-hydrogen) atoms. The van der Waals surface area contributed by atoms with Crippen molar-refractivity contribution in [1.29, 1.82) is 5.26 Å². The van der Waals surface area contributed by atoms with Gasteiger partial charge in [-0.3, -0.25) is 0 Å². The molecular formula is C14H26N2. The summed E-state index contributed by atoms with van der Waals surface area (Å²) in [5.74, 6) is 0.963. The van der Waals surface area contributed by atoms with E-state index in [2.05, 4.69) is 11.4 Å². The third kappa shape index (κ3) is 5.51. The van der Waals surface area contributed by atoms with Crippen molar-refractivity contribution in [2.75, 3.05) is 13.1 Å². The predicted octanol–water partition coefficient (Wildman–Crippen LogP) is 3.49. The highest BCUT2D eigenvalue weighted by atomic mass is 14.8. The molecule has 0 spiro atoms. The number of nitrogens with one attached hydrogen (secondary N) is 1. The fraction of sp³-hybridized carbons (Fsp3) is 0.929. The number of hydrogen-bond donors (Lipinski definition) is 1. The predicted molar refractivity (Wildman–Crippen MR) is 68.1 cm³/mol. The summed E-state index contributed by atoms with van der Waals surface area (Å²) in [5.41, 5.74) is -0.169. The summed E-state index contributed by atoms with van der Waals surface area (Å²) >= 11 is 0. The fourth-order valence-corrected chi connectivity index (χ4v) is 2.36. The molecule has 1 fully saturated rings. The second kappa shape index (κ2) is 6.91. The van der Waals surface area contributed by atoms with Gasteiger partial charge in [-0.1, -0.05) is 32.1 Å². The van der Waals surface area contributed by atoms with Crippen LogP contribution in [0.3, 0.4) is 0 Å². The highest BCUT2D eigenvalue weighted by Gasteiger charge is 2.16. The van der Waals surface area contributed by atoms with Gasteiger partial charge in [0.05, 0.1) is 11.5 Å². The van der Waals surface area contributed by atoms with Crippen molar-refractivity contribution in [2.45, 2.75) is 58.8 Å². The van der Waals surface area contributed by atoms with Gasteiger partial charge in [0.15, 0.2) is 0 Å². The Hall–Kier alpha value is -0.550. The van der Waals surface area contributed by atoms with Crippen LogP contribution in [0, 0.1) is 22.7 Å². The zero-order valence-electron chi connectivity index (χ0n) is 10.9. The SMILES string of the molecule is CC(C)(C#N)CCNCCC1CCCCC1. The summed E-state index contributed by atoms with van der Waals surface area (Å²) in [4.78, 5) is 0. The van der Waals surface area contributed by atoms with E-state index >= 15 is 0 Å². The third-order valence-electron chi connectivity index (χ3n) is 3.68. The molecule has 0 unspecified atom stereocenters. The van der Waals surface area contributed by atoms with Crippen LogP contribution in [0.25, 0.3) is 0 Å². The highest BCUT2D eigenvalue weighted by Crippen LogP contribution is 2.25. The van der Waals surface area contributed by atoms with Gasteiger partial charge in [0, 0.05) is 0 Å².